The molecule has 0 saturated heterocycles. The molecule has 0 radical (unpaired) electrons. The standard InChI is InChI=1S/C17H18N6/c1-2-18-17-19-10-13(11-20-17)16-21-15(12-8-9-12)22-23(16)14-6-4-3-5-7-14/h3-7,10-12H,2,8-9H2,1H3,(H,18,19,20). The molecule has 1 aliphatic carbocycles. The fraction of sp³-hybridized carbons (Fsp3) is 0.294. The lowest BCUT2D eigenvalue weighted by Crippen LogP contribution is -2.03. The minimum absolute atomic E-state index is 0.501. The normalized spacial score (nSPS) is 14.0. The first-order valence-corrected chi connectivity index (χ1v) is 7.94. The number of nitrogens with one attached hydrogen (secondary N) is 1. The fourth-order valence-electron chi connectivity index (χ4n) is 2.47. The van der Waals surface area contributed by atoms with Gasteiger partial charge in [-0.1, -0.05) is 18.2 Å². The van der Waals surface area contributed by atoms with E-state index in [-0.39, 0.29) is 0 Å². The van der Waals surface area contributed by atoms with Crippen molar-refractivity contribution in [1.29, 1.82) is 0 Å². The SMILES string of the molecule is CCNc1ncc(-c2nc(C3CC3)nn2-c2ccccc2)cn1. The van der Waals surface area contributed by atoms with Crippen molar-refractivity contribution < 1.29 is 0 Å². The van der Waals surface area contributed by atoms with E-state index in [1.54, 1.807) is 12.4 Å². The van der Waals surface area contributed by atoms with E-state index in [0.717, 1.165) is 29.4 Å². The van der Waals surface area contributed by atoms with Crippen LogP contribution < -0.4 is 5.32 Å². The van der Waals surface area contributed by atoms with Gasteiger partial charge in [0.15, 0.2) is 11.6 Å². The molecular formula is C17H18N6. The summed E-state index contributed by atoms with van der Waals surface area (Å²) in [5, 5.41) is 7.81. The van der Waals surface area contributed by atoms with Crippen LogP contribution in [0.1, 0.15) is 31.5 Å². The Morgan fingerprint density at radius 1 is 1.13 bits per heavy atom. The highest BCUT2D eigenvalue weighted by Crippen LogP contribution is 2.39. The fourth-order valence-corrected chi connectivity index (χ4v) is 2.47. The van der Waals surface area contributed by atoms with Crippen LogP contribution in [0.5, 0.6) is 0 Å². The molecule has 3 aromatic rings. The predicted molar refractivity (Wildman–Crippen MR) is 88.5 cm³/mol. The molecule has 2 aromatic heterocycles. The molecule has 1 fully saturated rings. The number of nitrogens with zero attached hydrogens (tertiary/aromatic N) is 5. The van der Waals surface area contributed by atoms with Gasteiger partial charge in [-0.3, -0.25) is 0 Å². The van der Waals surface area contributed by atoms with E-state index in [1.807, 2.05) is 41.9 Å². The summed E-state index contributed by atoms with van der Waals surface area (Å²) in [6, 6.07) is 10.1. The minimum Gasteiger partial charge on any atom is -0.355 e. The molecule has 1 N–H and O–H groups in total. The van der Waals surface area contributed by atoms with Crippen molar-refractivity contribution in [3.8, 4) is 17.1 Å². The highest BCUT2D eigenvalue weighted by molar-refractivity contribution is 5.56. The Kier molecular flexibility index (Phi) is 3.49. The molecule has 0 spiro atoms. The number of rotatable bonds is 5. The predicted octanol–water partition coefficient (Wildman–Crippen LogP) is 3.03. The molecule has 1 aromatic carbocycles. The second-order valence-corrected chi connectivity index (χ2v) is 5.64. The van der Waals surface area contributed by atoms with Crippen molar-refractivity contribution in [2.24, 2.45) is 0 Å². The molecule has 0 atom stereocenters. The van der Waals surface area contributed by atoms with Gasteiger partial charge in [-0.15, -0.1) is 0 Å². The van der Waals surface area contributed by atoms with Gasteiger partial charge < -0.3 is 5.32 Å². The largest absolute Gasteiger partial charge is 0.355 e. The van der Waals surface area contributed by atoms with E-state index >= 15 is 0 Å². The van der Waals surface area contributed by atoms with Crippen molar-refractivity contribution in [3.63, 3.8) is 0 Å². The summed E-state index contributed by atoms with van der Waals surface area (Å²) in [4.78, 5) is 13.4. The van der Waals surface area contributed by atoms with Gasteiger partial charge in [0.05, 0.1) is 11.3 Å². The zero-order chi connectivity index (χ0) is 15.6. The number of hydrogen-bond acceptors (Lipinski definition) is 5. The second kappa shape index (κ2) is 5.79. The van der Waals surface area contributed by atoms with Crippen LogP contribution >= 0.6 is 0 Å². The van der Waals surface area contributed by atoms with Gasteiger partial charge in [0, 0.05) is 24.9 Å². The van der Waals surface area contributed by atoms with Crippen LogP contribution in [0, 0.1) is 0 Å². The number of benzene rings is 1. The highest BCUT2D eigenvalue weighted by Gasteiger charge is 2.29. The quantitative estimate of drug-likeness (QED) is 0.784. The molecule has 0 unspecified atom stereocenters. The lowest BCUT2D eigenvalue weighted by atomic mass is 10.3. The Labute approximate surface area is 134 Å². The third kappa shape index (κ3) is 2.79. The van der Waals surface area contributed by atoms with E-state index in [0.29, 0.717) is 11.9 Å². The molecule has 6 heteroatoms. The zero-order valence-corrected chi connectivity index (χ0v) is 13.0. The molecule has 23 heavy (non-hydrogen) atoms. The van der Waals surface area contributed by atoms with E-state index in [2.05, 4.69) is 15.3 Å². The topological polar surface area (TPSA) is 68.5 Å². The first kappa shape index (κ1) is 13.9. The summed E-state index contributed by atoms with van der Waals surface area (Å²) in [6.07, 6.45) is 5.94. The smallest absolute Gasteiger partial charge is 0.222 e. The summed E-state index contributed by atoms with van der Waals surface area (Å²) in [5.74, 6) is 2.84. The molecule has 6 nitrogen and oxygen atoms in total. The van der Waals surface area contributed by atoms with Gasteiger partial charge in [0.25, 0.3) is 0 Å². The van der Waals surface area contributed by atoms with Crippen LogP contribution in [0.25, 0.3) is 17.1 Å². The first-order valence-electron chi connectivity index (χ1n) is 7.94. The average molecular weight is 306 g/mol. The third-order valence-electron chi connectivity index (χ3n) is 3.81. The summed E-state index contributed by atoms with van der Waals surface area (Å²) in [5.41, 5.74) is 1.87. The van der Waals surface area contributed by atoms with Crippen molar-refractivity contribution in [2.45, 2.75) is 25.7 Å². The average Bonchev–Trinajstić information content (AvgIpc) is 3.36. The van der Waals surface area contributed by atoms with Crippen molar-refractivity contribution in [3.05, 3.63) is 48.5 Å². The number of hydrogen-bond donors (Lipinski definition) is 1. The van der Waals surface area contributed by atoms with Crippen LogP contribution in [-0.4, -0.2) is 31.3 Å². The summed E-state index contributed by atoms with van der Waals surface area (Å²) < 4.78 is 1.89. The lowest BCUT2D eigenvalue weighted by Gasteiger charge is -2.06. The van der Waals surface area contributed by atoms with E-state index in [9.17, 15) is 0 Å². The Balaban J connectivity index is 1.77. The van der Waals surface area contributed by atoms with Crippen molar-refractivity contribution >= 4 is 5.95 Å². The zero-order valence-electron chi connectivity index (χ0n) is 13.0. The van der Waals surface area contributed by atoms with Crippen molar-refractivity contribution in [1.82, 2.24) is 24.7 Å². The van der Waals surface area contributed by atoms with Crippen LogP contribution in [0.4, 0.5) is 5.95 Å². The molecule has 1 aliphatic rings. The van der Waals surface area contributed by atoms with E-state index in [4.69, 9.17) is 10.1 Å². The summed E-state index contributed by atoms with van der Waals surface area (Å²) in [6.45, 7) is 2.82. The maximum Gasteiger partial charge on any atom is 0.222 e. The Morgan fingerprint density at radius 2 is 1.87 bits per heavy atom. The number of anilines is 1. The van der Waals surface area contributed by atoms with Gasteiger partial charge in [-0.05, 0) is 31.9 Å². The summed E-state index contributed by atoms with van der Waals surface area (Å²) >= 11 is 0. The Bertz CT molecular complexity index is 790. The van der Waals surface area contributed by atoms with Crippen LogP contribution in [0.15, 0.2) is 42.7 Å². The molecule has 2 heterocycles. The number of aromatic nitrogens is 5. The van der Waals surface area contributed by atoms with Crippen molar-refractivity contribution in [2.75, 3.05) is 11.9 Å². The Morgan fingerprint density at radius 3 is 2.52 bits per heavy atom. The van der Waals surface area contributed by atoms with Gasteiger partial charge in [-0.2, -0.15) is 5.10 Å². The molecule has 0 aliphatic heterocycles. The van der Waals surface area contributed by atoms with Crippen LogP contribution in [0.2, 0.25) is 0 Å². The molecular weight excluding hydrogens is 288 g/mol. The summed E-state index contributed by atoms with van der Waals surface area (Å²) in [7, 11) is 0. The van der Waals surface area contributed by atoms with Gasteiger partial charge in [0.2, 0.25) is 5.95 Å². The van der Waals surface area contributed by atoms with E-state index < -0.39 is 0 Å². The van der Waals surface area contributed by atoms with Gasteiger partial charge in [-0.25, -0.2) is 19.6 Å². The molecule has 0 amide bonds. The molecule has 116 valence electrons. The van der Waals surface area contributed by atoms with Crippen LogP contribution in [0.3, 0.4) is 0 Å². The lowest BCUT2D eigenvalue weighted by molar-refractivity contribution is 0.838. The third-order valence-corrected chi connectivity index (χ3v) is 3.81. The minimum atomic E-state index is 0.501. The van der Waals surface area contributed by atoms with Crippen LogP contribution in [-0.2, 0) is 0 Å². The first-order chi connectivity index (χ1) is 11.3. The van der Waals surface area contributed by atoms with Gasteiger partial charge in [0.1, 0.15) is 0 Å². The number of para-hydroxylation sites is 1. The highest BCUT2D eigenvalue weighted by atomic mass is 15.4. The maximum atomic E-state index is 4.75. The Hall–Kier alpha value is -2.76. The van der Waals surface area contributed by atoms with Gasteiger partial charge >= 0.3 is 0 Å². The maximum absolute atomic E-state index is 4.75. The monoisotopic (exact) mass is 306 g/mol. The molecule has 0 bridgehead atoms. The molecule has 4 rings (SSSR count). The van der Waals surface area contributed by atoms with E-state index in [1.165, 1.54) is 12.8 Å². The molecule has 1 saturated carbocycles. The second-order valence-electron chi connectivity index (χ2n) is 5.64.